The molecule has 0 atom stereocenters. The van der Waals surface area contributed by atoms with E-state index in [1.54, 1.807) is 0 Å². The highest BCUT2D eigenvalue weighted by molar-refractivity contribution is 7.15. The number of aryl methyl sites for hydroxylation is 1. The Morgan fingerprint density at radius 3 is 2.94 bits per heavy atom. The first-order chi connectivity index (χ1) is 8.35. The van der Waals surface area contributed by atoms with Gasteiger partial charge in [-0.15, -0.1) is 11.3 Å². The lowest BCUT2D eigenvalue weighted by molar-refractivity contribution is 1.06. The van der Waals surface area contributed by atoms with Crippen molar-refractivity contribution in [2.24, 2.45) is 0 Å². The Morgan fingerprint density at radius 1 is 1.35 bits per heavy atom. The van der Waals surface area contributed by atoms with Gasteiger partial charge in [0.1, 0.15) is 0 Å². The number of nitrogens with zero attached hydrogens (tertiary/aromatic N) is 2. The van der Waals surface area contributed by atoms with Gasteiger partial charge in [0, 0.05) is 17.1 Å². The second kappa shape index (κ2) is 4.45. The lowest BCUT2D eigenvalue weighted by Crippen LogP contribution is -2.05. The SMILES string of the molecule is CCc1ccc(-c2ccnc(NC3CC3)n2)s1. The van der Waals surface area contributed by atoms with Crippen LogP contribution in [-0.2, 0) is 6.42 Å². The lowest BCUT2D eigenvalue weighted by Gasteiger charge is -2.03. The van der Waals surface area contributed by atoms with E-state index >= 15 is 0 Å². The molecular formula is C13H15N3S. The Morgan fingerprint density at radius 2 is 2.24 bits per heavy atom. The summed E-state index contributed by atoms with van der Waals surface area (Å²) < 4.78 is 0. The average molecular weight is 245 g/mol. The van der Waals surface area contributed by atoms with Gasteiger partial charge in [0.05, 0.1) is 10.6 Å². The third-order valence-corrected chi connectivity index (χ3v) is 4.08. The maximum Gasteiger partial charge on any atom is 0.223 e. The quantitative estimate of drug-likeness (QED) is 0.897. The van der Waals surface area contributed by atoms with Crippen LogP contribution in [0.3, 0.4) is 0 Å². The third-order valence-electron chi connectivity index (χ3n) is 2.83. The van der Waals surface area contributed by atoms with E-state index in [-0.39, 0.29) is 0 Å². The van der Waals surface area contributed by atoms with Crippen LogP contribution in [0.4, 0.5) is 5.95 Å². The molecule has 3 nitrogen and oxygen atoms in total. The highest BCUT2D eigenvalue weighted by atomic mass is 32.1. The van der Waals surface area contributed by atoms with E-state index in [9.17, 15) is 0 Å². The van der Waals surface area contributed by atoms with Crippen molar-refractivity contribution >= 4 is 17.3 Å². The molecule has 0 aromatic carbocycles. The monoisotopic (exact) mass is 245 g/mol. The smallest absolute Gasteiger partial charge is 0.223 e. The van der Waals surface area contributed by atoms with Crippen molar-refractivity contribution in [3.05, 3.63) is 29.3 Å². The van der Waals surface area contributed by atoms with E-state index in [0.717, 1.165) is 18.1 Å². The Hall–Kier alpha value is -1.42. The number of nitrogens with one attached hydrogen (secondary N) is 1. The molecule has 0 radical (unpaired) electrons. The largest absolute Gasteiger partial charge is 0.351 e. The summed E-state index contributed by atoms with van der Waals surface area (Å²) in [6.07, 6.45) is 5.40. The van der Waals surface area contributed by atoms with Gasteiger partial charge >= 0.3 is 0 Å². The molecule has 0 spiro atoms. The lowest BCUT2D eigenvalue weighted by atomic mass is 10.3. The minimum Gasteiger partial charge on any atom is -0.351 e. The molecule has 0 amide bonds. The number of thiophene rings is 1. The zero-order valence-corrected chi connectivity index (χ0v) is 10.6. The molecule has 0 unspecified atom stereocenters. The van der Waals surface area contributed by atoms with E-state index in [1.165, 1.54) is 22.6 Å². The molecule has 2 heterocycles. The normalized spacial score (nSPS) is 14.9. The van der Waals surface area contributed by atoms with E-state index in [0.29, 0.717) is 6.04 Å². The van der Waals surface area contributed by atoms with E-state index in [1.807, 2.05) is 23.6 Å². The van der Waals surface area contributed by atoms with Gasteiger partial charge in [0.2, 0.25) is 5.95 Å². The van der Waals surface area contributed by atoms with Gasteiger partial charge < -0.3 is 5.32 Å². The standard InChI is InChI=1S/C13H15N3S/c1-2-10-5-6-12(17-10)11-7-8-14-13(16-11)15-9-3-4-9/h5-9H,2-4H2,1H3,(H,14,15,16). The van der Waals surface area contributed by atoms with Crippen LogP contribution in [0.1, 0.15) is 24.6 Å². The number of aromatic nitrogens is 2. The molecule has 88 valence electrons. The molecule has 3 rings (SSSR count). The summed E-state index contributed by atoms with van der Waals surface area (Å²) in [7, 11) is 0. The summed E-state index contributed by atoms with van der Waals surface area (Å²) in [6.45, 7) is 2.18. The zero-order valence-electron chi connectivity index (χ0n) is 9.81. The Labute approximate surface area is 105 Å². The minimum atomic E-state index is 0.597. The molecule has 1 N–H and O–H groups in total. The molecular weight excluding hydrogens is 230 g/mol. The van der Waals surface area contributed by atoms with E-state index in [4.69, 9.17) is 0 Å². The van der Waals surface area contributed by atoms with Crippen molar-refractivity contribution < 1.29 is 0 Å². The summed E-state index contributed by atoms with van der Waals surface area (Å²) in [5.41, 5.74) is 1.02. The van der Waals surface area contributed by atoms with Crippen LogP contribution < -0.4 is 5.32 Å². The second-order valence-corrected chi connectivity index (χ2v) is 5.47. The molecule has 0 bridgehead atoms. The molecule has 1 aliphatic rings. The molecule has 2 aromatic rings. The highest BCUT2D eigenvalue weighted by Gasteiger charge is 2.21. The van der Waals surface area contributed by atoms with Crippen LogP contribution in [0.2, 0.25) is 0 Å². The van der Waals surface area contributed by atoms with Crippen molar-refractivity contribution in [3.8, 4) is 10.6 Å². The summed E-state index contributed by atoms with van der Waals surface area (Å²) in [4.78, 5) is 11.4. The second-order valence-electron chi connectivity index (χ2n) is 4.30. The van der Waals surface area contributed by atoms with Crippen molar-refractivity contribution in [2.45, 2.75) is 32.2 Å². The number of anilines is 1. The topological polar surface area (TPSA) is 37.8 Å². The first-order valence-corrected chi connectivity index (χ1v) is 6.85. The molecule has 1 aliphatic carbocycles. The van der Waals surface area contributed by atoms with Gasteiger partial charge in [-0.05, 0) is 37.5 Å². The fraction of sp³-hybridized carbons (Fsp3) is 0.385. The van der Waals surface area contributed by atoms with Gasteiger partial charge in [-0.1, -0.05) is 6.92 Å². The first-order valence-electron chi connectivity index (χ1n) is 6.04. The van der Waals surface area contributed by atoms with Crippen molar-refractivity contribution in [1.29, 1.82) is 0 Å². The zero-order chi connectivity index (χ0) is 11.7. The minimum absolute atomic E-state index is 0.597. The Balaban J connectivity index is 1.85. The summed E-state index contributed by atoms with van der Waals surface area (Å²) in [6, 6.07) is 6.89. The van der Waals surface area contributed by atoms with Gasteiger partial charge in [-0.3, -0.25) is 0 Å². The van der Waals surface area contributed by atoms with Gasteiger partial charge in [-0.25, -0.2) is 9.97 Å². The Kier molecular flexibility index (Phi) is 2.81. The predicted octanol–water partition coefficient (Wildman–Crippen LogP) is 3.34. The van der Waals surface area contributed by atoms with Gasteiger partial charge in [0.15, 0.2) is 0 Å². The van der Waals surface area contributed by atoms with Crippen LogP contribution >= 0.6 is 11.3 Å². The molecule has 17 heavy (non-hydrogen) atoms. The van der Waals surface area contributed by atoms with Crippen molar-refractivity contribution in [3.63, 3.8) is 0 Å². The van der Waals surface area contributed by atoms with Crippen LogP contribution in [0.25, 0.3) is 10.6 Å². The molecule has 1 fully saturated rings. The van der Waals surface area contributed by atoms with Gasteiger partial charge in [0.25, 0.3) is 0 Å². The molecule has 4 heteroatoms. The predicted molar refractivity (Wildman–Crippen MR) is 71.4 cm³/mol. The van der Waals surface area contributed by atoms with Crippen LogP contribution in [0.5, 0.6) is 0 Å². The summed E-state index contributed by atoms with van der Waals surface area (Å²) in [5.74, 6) is 0.761. The number of hydrogen-bond donors (Lipinski definition) is 1. The van der Waals surface area contributed by atoms with Crippen LogP contribution in [-0.4, -0.2) is 16.0 Å². The van der Waals surface area contributed by atoms with Gasteiger partial charge in [-0.2, -0.15) is 0 Å². The first kappa shape index (κ1) is 10.7. The number of rotatable bonds is 4. The summed E-state index contributed by atoms with van der Waals surface area (Å²) in [5, 5.41) is 3.33. The van der Waals surface area contributed by atoms with Crippen LogP contribution in [0.15, 0.2) is 24.4 Å². The molecule has 1 saturated carbocycles. The summed E-state index contributed by atoms with van der Waals surface area (Å²) >= 11 is 1.81. The van der Waals surface area contributed by atoms with Crippen LogP contribution in [0, 0.1) is 0 Å². The maximum absolute atomic E-state index is 4.56. The molecule has 0 aliphatic heterocycles. The number of hydrogen-bond acceptors (Lipinski definition) is 4. The molecule has 2 aromatic heterocycles. The highest BCUT2D eigenvalue weighted by Crippen LogP contribution is 2.28. The van der Waals surface area contributed by atoms with Crippen molar-refractivity contribution in [1.82, 2.24) is 9.97 Å². The average Bonchev–Trinajstić information content (AvgIpc) is 3.04. The fourth-order valence-corrected chi connectivity index (χ4v) is 2.60. The third kappa shape index (κ3) is 2.47. The van der Waals surface area contributed by atoms with Crippen molar-refractivity contribution in [2.75, 3.05) is 5.32 Å². The maximum atomic E-state index is 4.56. The molecule has 0 saturated heterocycles. The fourth-order valence-electron chi connectivity index (χ4n) is 1.68. The van der Waals surface area contributed by atoms with E-state index in [2.05, 4.69) is 34.3 Å². The van der Waals surface area contributed by atoms with E-state index < -0.39 is 0 Å². The Bertz CT molecular complexity index is 517.